The Hall–Kier alpha value is 2.77. The van der Waals surface area contributed by atoms with Gasteiger partial charge in [0.25, 0.3) is 0 Å². The van der Waals surface area contributed by atoms with Crippen molar-refractivity contribution in [3.63, 3.8) is 0 Å². The molecule has 0 amide bonds. The third-order valence-corrected chi connectivity index (χ3v) is 0. The van der Waals surface area contributed by atoms with Crippen LogP contribution in [-0.4, -0.2) is 23.9 Å². The quantitative estimate of drug-likeness (QED) is 0.463. The Bertz CT molecular complexity index is 8.00. The van der Waals surface area contributed by atoms with Gasteiger partial charge in [-0.15, -0.1) is 0 Å². The smallest absolute Gasteiger partial charge is 0 e. The molecule has 0 aromatic carbocycles. The van der Waals surface area contributed by atoms with Crippen LogP contribution in [0.25, 0.3) is 0 Å². The van der Waals surface area contributed by atoms with Crippen molar-refractivity contribution in [1.82, 2.24) is 0 Å². The van der Waals surface area contributed by atoms with E-state index in [1.54, 1.807) is 0 Å². The van der Waals surface area contributed by atoms with Crippen LogP contribution in [0.15, 0.2) is 0 Å². The molecular weight excluding hydrogens is 427 g/mol. The monoisotopic (exact) mass is 428 g/mol. The summed E-state index contributed by atoms with van der Waals surface area (Å²) in [5.41, 5.74) is 0. The van der Waals surface area contributed by atoms with Gasteiger partial charge in [0.1, 0.15) is 0 Å². The van der Waals surface area contributed by atoms with E-state index in [4.69, 9.17) is 0 Å². The zero-order chi connectivity index (χ0) is 0. The van der Waals surface area contributed by atoms with Crippen LogP contribution in [0.3, 0.4) is 0 Å². The van der Waals surface area contributed by atoms with Crippen molar-refractivity contribution in [2.75, 3.05) is 0 Å². The Morgan fingerprint density at radius 3 is 1.00 bits per heavy atom. The fraction of sp³-hybridized carbons (Fsp3) is 0. The molecule has 0 aliphatic carbocycles. The molecule has 0 aliphatic rings. The van der Waals surface area contributed by atoms with Gasteiger partial charge in [0.05, 0.1) is 0 Å². The molecule has 4 heteroatoms. The second-order valence-corrected chi connectivity index (χ2v) is 0. The SMILES string of the molecule is [Au].[Cu].[Sn].[Ti]. The largest absolute Gasteiger partial charge is 0 e. The van der Waals surface area contributed by atoms with E-state index in [0.29, 0.717) is 0 Å². The molecular formula is AuCuSnTi. The summed E-state index contributed by atoms with van der Waals surface area (Å²) in [6, 6.07) is 0. The Labute approximate surface area is 83.7 Å². The fourth-order valence-corrected chi connectivity index (χ4v) is 0. The molecule has 30 valence electrons. The van der Waals surface area contributed by atoms with Crippen LogP contribution in [0.2, 0.25) is 0 Å². The van der Waals surface area contributed by atoms with E-state index in [1.165, 1.54) is 0 Å². The molecule has 0 atom stereocenters. The standard InChI is InChI=1S/Au.Cu.Sn.Ti. The summed E-state index contributed by atoms with van der Waals surface area (Å²) in [5, 5.41) is 0. The predicted molar refractivity (Wildman–Crippen MR) is 5.75 cm³/mol. The van der Waals surface area contributed by atoms with Crippen LogP contribution in [0.5, 0.6) is 0 Å². The molecule has 0 rings (SSSR count). The fourth-order valence-electron chi connectivity index (χ4n) is 0. The molecule has 0 unspecified atom stereocenters. The molecule has 4 heavy (non-hydrogen) atoms. The Kier molecular flexibility index (Phi) is 126. The molecule has 0 saturated carbocycles. The van der Waals surface area contributed by atoms with Crippen molar-refractivity contribution >= 4 is 23.9 Å². The van der Waals surface area contributed by atoms with Gasteiger partial charge in [0, 0.05) is 85.1 Å². The second kappa shape index (κ2) is 17.1. The minimum Gasteiger partial charge on any atom is 0 e. The van der Waals surface area contributed by atoms with Crippen molar-refractivity contribution in [2.24, 2.45) is 0 Å². The average molecular weight is 427 g/mol. The van der Waals surface area contributed by atoms with Gasteiger partial charge < -0.3 is 0 Å². The summed E-state index contributed by atoms with van der Waals surface area (Å²) < 4.78 is 0. The number of hydrogen-bond donors (Lipinski definition) is 0. The van der Waals surface area contributed by atoms with E-state index >= 15 is 0 Å². The van der Waals surface area contributed by atoms with Gasteiger partial charge in [0.2, 0.25) is 0 Å². The van der Waals surface area contributed by atoms with Crippen molar-refractivity contribution in [3.05, 3.63) is 0 Å². The van der Waals surface area contributed by atoms with Gasteiger partial charge in [-0.25, -0.2) is 0 Å². The first kappa shape index (κ1) is 29.4. The predicted octanol–water partition coefficient (Wildman–Crippen LogP) is -0.388. The van der Waals surface area contributed by atoms with Gasteiger partial charge in [-0.2, -0.15) is 0 Å². The van der Waals surface area contributed by atoms with Crippen LogP contribution < -0.4 is 0 Å². The zero-order valence-electron chi connectivity index (χ0n) is 1.60. The first-order valence-electron chi connectivity index (χ1n) is 0. The average Bonchev–Trinajstić information content (AvgIpc) is 0. The van der Waals surface area contributed by atoms with E-state index in [0.717, 1.165) is 0 Å². The van der Waals surface area contributed by atoms with E-state index < -0.39 is 0 Å². The number of rotatable bonds is 0. The van der Waals surface area contributed by atoms with E-state index in [1.807, 2.05) is 0 Å². The van der Waals surface area contributed by atoms with Crippen LogP contribution in [0.4, 0.5) is 0 Å². The second-order valence-electron chi connectivity index (χ2n) is 0. The Balaban J connectivity index is 0. The normalized spacial score (nSPS) is 0. The van der Waals surface area contributed by atoms with Crippen molar-refractivity contribution in [1.29, 1.82) is 0 Å². The molecule has 0 fully saturated rings. The molecule has 0 N–H and O–H groups in total. The summed E-state index contributed by atoms with van der Waals surface area (Å²) in [6.45, 7) is 0. The van der Waals surface area contributed by atoms with Gasteiger partial charge in [-0.1, -0.05) is 0 Å². The minimum absolute atomic E-state index is 0. The molecule has 0 aliphatic heterocycles. The van der Waals surface area contributed by atoms with Gasteiger partial charge in [0.15, 0.2) is 0 Å². The van der Waals surface area contributed by atoms with Gasteiger partial charge >= 0.3 is 0 Å². The molecule has 0 heterocycles. The first-order valence-corrected chi connectivity index (χ1v) is 0. The summed E-state index contributed by atoms with van der Waals surface area (Å²) in [7, 11) is 0. The van der Waals surface area contributed by atoms with Crippen LogP contribution >= 0.6 is 0 Å². The molecule has 0 aromatic heterocycles. The van der Waals surface area contributed by atoms with E-state index in [9.17, 15) is 0 Å². The minimum atomic E-state index is 0. The van der Waals surface area contributed by atoms with Crippen LogP contribution in [-0.2, 0) is 61.2 Å². The molecule has 0 nitrogen and oxygen atoms in total. The maximum absolute atomic E-state index is 0. The topological polar surface area (TPSA) is 0 Å². The third kappa shape index (κ3) is 8.84. The van der Waals surface area contributed by atoms with E-state index in [-0.39, 0.29) is 85.1 Å². The number of hydrogen-bond acceptors (Lipinski definition) is 0. The van der Waals surface area contributed by atoms with Crippen LogP contribution in [0, 0.1) is 0 Å². The maximum Gasteiger partial charge on any atom is 0 e. The summed E-state index contributed by atoms with van der Waals surface area (Å²) in [4.78, 5) is 0. The van der Waals surface area contributed by atoms with E-state index in [2.05, 4.69) is 0 Å². The van der Waals surface area contributed by atoms with Crippen LogP contribution in [0.1, 0.15) is 0 Å². The van der Waals surface area contributed by atoms with Gasteiger partial charge in [-0.05, 0) is 0 Å². The summed E-state index contributed by atoms with van der Waals surface area (Å²) in [5.74, 6) is 0. The van der Waals surface area contributed by atoms with Crippen molar-refractivity contribution in [3.8, 4) is 0 Å². The van der Waals surface area contributed by atoms with Crippen molar-refractivity contribution in [2.45, 2.75) is 0 Å². The Morgan fingerprint density at radius 1 is 1.00 bits per heavy atom. The third-order valence-electron chi connectivity index (χ3n) is 0. The zero-order valence-corrected chi connectivity index (χ0v) is 9.13. The molecule has 0 aromatic rings. The van der Waals surface area contributed by atoms with Crippen molar-refractivity contribution < 1.29 is 61.2 Å². The summed E-state index contributed by atoms with van der Waals surface area (Å²) >= 11 is 0. The molecule has 0 saturated heterocycles. The molecule has 0 bridgehead atoms. The maximum atomic E-state index is 0. The molecule has 0 spiro atoms. The molecule has 6 radical (unpaired) electrons. The first-order chi connectivity index (χ1) is 0. The van der Waals surface area contributed by atoms with Gasteiger partial charge in [-0.3, -0.25) is 0 Å². The Morgan fingerprint density at radius 2 is 1.00 bits per heavy atom. The summed E-state index contributed by atoms with van der Waals surface area (Å²) in [6.07, 6.45) is 0.